The van der Waals surface area contributed by atoms with Gasteiger partial charge < -0.3 is 14.4 Å². The number of methoxy groups -OCH3 is 2. The summed E-state index contributed by atoms with van der Waals surface area (Å²) in [6.45, 7) is 0. The maximum Gasteiger partial charge on any atom is 0.247 e. The first-order valence-electron chi connectivity index (χ1n) is 8.56. The Morgan fingerprint density at radius 2 is 1.79 bits per heavy atom. The van der Waals surface area contributed by atoms with Crippen LogP contribution in [-0.2, 0) is 4.79 Å². The molecule has 0 spiro atoms. The average molecular weight is 350 g/mol. The molecule has 0 aromatic heterocycles. The van der Waals surface area contributed by atoms with E-state index in [4.69, 9.17) is 21.1 Å². The zero-order valence-electron chi connectivity index (χ0n) is 14.3. The molecule has 1 aromatic carbocycles. The number of hydrogen-bond acceptors (Lipinski definition) is 3. The summed E-state index contributed by atoms with van der Waals surface area (Å²) in [5.41, 5.74) is 0.827. The van der Waals surface area contributed by atoms with Crippen molar-refractivity contribution in [2.24, 2.45) is 0 Å². The molecule has 24 heavy (non-hydrogen) atoms. The average Bonchev–Trinajstić information content (AvgIpc) is 3.26. The van der Waals surface area contributed by atoms with Gasteiger partial charge in [0.1, 0.15) is 0 Å². The van der Waals surface area contributed by atoms with Crippen LogP contribution in [0.3, 0.4) is 0 Å². The van der Waals surface area contributed by atoms with Gasteiger partial charge in [-0.15, -0.1) is 0 Å². The summed E-state index contributed by atoms with van der Waals surface area (Å²) in [5.74, 6) is 1.18. The van der Waals surface area contributed by atoms with Crippen LogP contribution in [0, 0.1) is 0 Å². The van der Waals surface area contributed by atoms with E-state index in [1.54, 1.807) is 32.4 Å². The standard InChI is InChI=1S/C19H24ClNO3/c1-23-17-12-13(11-16(20)19(17)24-2)7-10-18(22)21(15-8-9-15)14-5-3-4-6-14/h7,10-12,14-15H,3-6,8-9H2,1-2H3/b10-7+. The molecule has 130 valence electrons. The molecule has 0 N–H and O–H groups in total. The number of rotatable bonds is 6. The third kappa shape index (κ3) is 3.69. The summed E-state index contributed by atoms with van der Waals surface area (Å²) < 4.78 is 10.5. The normalized spacial score (nSPS) is 18.1. The van der Waals surface area contributed by atoms with Crippen molar-refractivity contribution in [1.29, 1.82) is 0 Å². The lowest BCUT2D eigenvalue weighted by molar-refractivity contribution is -0.128. The van der Waals surface area contributed by atoms with E-state index in [0.29, 0.717) is 28.6 Å². The van der Waals surface area contributed by atoms with E-state index in [9.17, 15) is 4.79 Å². The molecule has 2 saturated carbocycles. The lowest BCUT2D eigenvalue weighted by atomic mass is 10.1. The van der Waals surface area contributed by atoms with Gasteiger partial charge in [0.05, 0.1) is 19.2 Å². The Bertz CT molecular complexity index is 634. The number of benzene rings is 1. The first-order chi connectivity index (χ1) is 11.6. The minimum atomic E-state index is 0.107. The summed E-state index contributed by atoms with van der Waals surface area (Å²) >= 11 is 6.22. The van der Waals surface area contributed by atoms with Gasteiger partial charge in [-0.25, -0.2) is 0 Å². The quantitative estimate of drug-likeness (QED) is 0.718. The number of amides is 1. The largest absolute Gasteiger partial charge is 0.493 e. The minimum Gasteiger partial charge on any atom is -0.493 e. The van der Waals surface area contributed by atoms with Crippen molar-refractivity contribution in [2.75, 3.05) is 14.2 Å². The highest BCUT2D eigenvalue weighted by atomic mass is 35.5. The molecule has 2 aliphatic carbocycles. The van der Waals surface area contributed by atoms with Crippen molar-refractivity contribution in [2.45, 2.75) is 50.6 Å². The highest BCUT2D eigenvalue weighted by Gasteiger charge is 2.37. The van der Waals surface area contributed by atoms with Crippen molar-refractivity contribution in [3.05, 3.63) is 28.8 Å². The maximum absolute atomic E-state index is 12.7. The van der Waals surface area contributed by atoms with Crippen LogP contribution in [0.4, 0.5) is 0 Å². The molecule has 0 unspecified atom stereocenters. The molecule has 5 heteroatoms. The van der Waals surface area contributed by atoms with Crippen LogP contribution in [0.25, 0.3) is 6.08 Å². The molecule has 2 fully saturated rings. The molecular weight excluding hydrogens is 326 g/mol. The second kappa shape index (κ2) is 7.47. The van der Waals surface area contributed by atoms with Gasteiger partial charge >= 0.3 is 0 Å². The molecule has 2 aliphatic rings. The van der Waals surface area contributed by atoms with E-state index in [0.717, 1.165) is 31.2 Å². The van der Waals surface area contributed by atoms with Gasteiger partial charge in [-0.1, -0.05) is 24.4 Å². The molecule has 0 saturated heterocycles. The van der Waals surface area contributed by atoms with Gasteiger partial charge in [-0.05, 0) is 49.5 Å². The molecule has 0 bridgehead atoms. The van der Waals surface area contributed by atoms with Crippen molar-refractivity contribution >= 4 is 23.6 Å². The summed E-state index contributed by atoms with van der Waals surface area (Å²) in [7, 11) is 3.12. The number of nitrogens with zero attached hydrogens (tertiary/aromatic N) is 1. The van der Waals surface area contributed by atoms with Crippen LogP contribution in [0.5, 0.6) is 11.5 Å². The number of carbonyl (C=O) groups is 1. The van der Waals surface area contributed by atoms with E-state index in [-0.39, 0.29) is 5.91 Å². The Morgan fingerprint density at radius 3 is 2.38 bits per heavy atom. The van der Waals surface area contributed by atoms with Crippen molar-refractivity contribution < 1.29 is 14.3 Å². The second-order valence-corrected chi connectivity index (χ2v) is 6.89. The molecule has 3 rings (SSSR count). The zero-order valence-corrected chi connectivity index (χ0v) is 15.0. The Hall–Kier alpha value is -1.68. The number of halogens is 1. The Morgan fingerprint density at radius 1 is 1.12 bits per heavy atom. The lowest BCUT2D eigenvalue weighted by Crippen LogP contribution is -2.39. The van der Waals surface area contributed by atoms with Crippen molar-refractivity contribution in [3.8, 4) is 11.5 Å². The smallest absolute Gasteiger partial charge is 0.247 e. The van der Waals surface area contributed by atoms with Crippen LogP contribution in [0.1, 0.15) is 44.1 Å². The van der Waals surface area contributed by atoms with Crippen molar-refractivity contribution in [1.82, 2.24) is 4.90 Å². The molecule has 0 radical (unpaired) electrons. The second-order valence-electron chi connectivity index (χ2n) is 6.49. The summed E-state index contributed by atoms with van der Waals surface area (Å²) in [6.07, 6.45) is 10.5. The van der Waals surface area contributed by atoms with Crippen LogP contribution >= 0.6 is 11.6 Å². The SMILES string of the molecule is COc1cc(/C=C/C(=O)N(C2CCCC2)C2CC2)cc(Cl)c1OC. The third-order valence-corrected chi connectivity index (χ3v) is 5.07. The topological polar surface area (TPSA) is 38.8 Å². The fraction of sp³-hybridized carbons (Fsp3) is 0.526. The monoisotopic (exact) mass is 349 g/mol. The number of ether oxygens (including phenoxy) is 2. The van der Waals surface area contributed by atoms with E-state index >= 15 is 0 Å². The van der Waals surface area contributed by atoms with Crippen LogP contribution in [-0.4, -0.2) is 37.1 Å². The van der Waals surface area contributed by atoms with E-state index < -0.39 is 0 Å². The molecule has 0 heterocycles. The molecule has 0 atom stereocenters. The molecule has 0 aliphatic heterocycles. The number of hydrogen-bond donors (Lipinski definition) is 0. The van der Waals surface area contributed by atoms with E-state index in [2.05, 4.69) is 4.90 Å². The Balaban J connectivity index is 1.76. The summed E-state index contributed by atoms with van der Waals surface area (Å²) in [5, 5.41) is 0.471. The summed E-state index contributed by atoms with van der Waals surface area (Å²) in [4.78, 5) is 14.8. The van der Waals surface area contributed by atoms with Crippen LogP contribution < -0.4 is 9.47 Å². The van der Waals surface area contributed by atoms with Gasteiger partial charge in [-0.2, -0.15) is 0 Å². The summed E-state index contributed by atoms with van der Waals surface area (Å²) in [6, 6.07) is 4.47. The van der Waals surface area contributed by atoms with Gasteiger partial charge in [0.15, 0.2) is 11.5 Å². The first-order valence-corrected chi connectivity index (χ1v) is 8.93. The van der Waals surface area contributed by atoms with Gasteiger partial charge in [-0.3, -0.25) is 4.79 Å². The Kier molecular flexibility index (Phi) is 5.34. The number of carbonyl (C=O) groups excluding carboxylic acids is 1. The van der Waals surface area contributed by atoms with E-state index in [1.807, 2.05) is 6.07 Å². The van der Waals surface area contributed by atoms with Gasteiger partial charge in [0, 0.05) is 18.2 Å². The molecule has 1 aromatic rings. The highest BCUT2D eigenvalue weighted by molar-refractivity contribution is 6.32. The predicted molar refractivity (Wildman–Crippen MR) is 95.7 cm³/mol. The van der Waals surface area contributed by atoms with Gasteiger partial charge in [0.2, 0.25) is 5.91 Å². The fourth-order valence-electron chi connectivity index (χ4n) is 3.48. The zero-order chi connectivity index (χ0) is 17.1. The molecule has 1 amide bonds. The molecular formula is C19H24ClNO3. The fourth-order valence-corrected chi connectivity index (χ4v) is 3.78. The van der Waals surface area contributed by atoms with Crippen LogP contribution in [0.2, 0.25) is 5.02 Å². The maximum atomic E-state index is 12.7. The minimum absolute atomic E-state index is 0.107. The highest BCUT2D eigenvalue weighted by Crippen LogP contribution is 2.37. The van der Waals surface area contributed by atoms with E-state index in [1.165, 1.54) is 12.8 Å². The van der Waals surface area contributed by atoms with Crippen LogP contribution in [0.15, 0.2) is 18.2 Å². The lowest BCUT2D eigenvalue weighted by Gasteiger charge is -2.28. The predicted octanol–water partition coefficient (Wildman–Crippen LogP) is 4.30. The molecule has 4 nitrogen and oxygen atoms in total. The van der Waals surface area contributed by atoms with Crippen molar-refractivity contribution in [3.63, 3.8) is 0 Å². The first kappa shape index (κ1) is 17.2. The van der Waals surface area contributed by atoms with Gasteiger partial charge in [0.25, 0.3) is 0 Å². The third-order valence-electron chi connectivity index (χ3n) is 4.79. The Labute approximate surface area is 148 Å².